The summed E-state index contributed by atoms with van der Waals surface area (Å²) < 4.78 is 18.6. The number of fused-ring (bicyclic) bond motifs is 1. The fourth-order valence-corrected chi connectivity index (χ4v) is 4.64. The molecule has 0 spiro atoms. The smallest absolute Gasteiger partial charge is 0.255 e. The van der Waals surface area contributed by atoms with Gasteiger partial charge in [-0.3, -0.25) is 4.79 Å². The van der Waals surface area contributed by atoms with E-state index in [0.29, 0.717) is 55.8 Å². The largest absolute Gasteiger partial charge is 0.495 e. The molecule has 4 aromatic rings. The van der Waals surface area contributed by atoms with Gasteiger partial charge in [0.25, 0.3) is 5.91 Å². The predicted octanol–water partition coefficient (Wildman–Crippen LogP) is 5.50. The number of halogens is 2. The molecule has 3 aromatic carbocycles. The first-order valence-electron chi connectivity index (χ1n) is 11.8. The molecular weight excluding hydrogens is 543 g/mol. The van der Waals surface area contributed by atoms with E-state index in [4.69, 9.17) is 37.4 Å². The second-order valence-corrected chi connectivity index (χ2v) is 9.43. The molecule has 39 heavy (non-hydrogen) atoms. The van der Waals surface area contributed by atoms with Crippen LogP contribution in [0.5, 0.6) is 17.2 Å². The number of benzene rings is 3. The molecule has 200 valence electrons. The van der Waals surface area contributed by atoms with Crippen LogP contribution in [0.3, 0.4) is 0 Å². The van der Waals surface area contributed by atoms with Crippen molar-refractivity contribution in [1.29, 1.82) is 0 Å². The molecule has 1 aromatic heterocycles. The van der Waals surface area contributed by atoms with Gasteiger partial charge in [0.05, 0.1) is 35.5 Å². The molecule has 2 heterocycles. The Morgan fingerprint density at radius 1 is 1.00 bits per heavy atom. The molecule has 12 heteroatoms. The highest BCUT2D eigenvalue weighted by molar-refractivity contribution is 6.42. The second-order valence-electron chi connectivity index (χ2n) is 8.62. The third-order valence-corrected chi connectivity index (χ3v) is 6.93. The van der Waals surface area contributed by atoms with E-state index in [1.165, 1.54) is 0 Å². The Morgan fingerprint density at radius 3 is 2.56 bits per heavy atom. The van der Waals surface area contributed by atoms with Gasteiger partial charge in [0.15, 0.2) is 11.5 Å². The van der Waals surface area contributed by atoms with Crippen molar-refractivity contribution in [2.75, 3.05) is 24.9 Å². The normalized spacial score (nSPS) is 14.3. The number of rotatable bonds is 8. The number of para-hydroxylation sites is 2. The monoisotopic (exact) mass is 566 g/mol. The number of hydrogen-bond donors (Lipinski definition) is 2. The summed E-state index contributed by atoms with van der Waals surface area (Å²) in [5.41, 5.74) is 3.13. The summed E-state index contributed by atoms with van der Waals surface area (Å²) in [6.45, 7) is 2.05. The minimum absolute atomic E-state index is 0.253. The van der Waals surface area contributed by atoms with Crippen molar-refractivity contribution in [3.05, 3.63) is 93.1 Å². The molecule has 1 aliphatic heterocycles. The van der Waals surface area contributed by atoms with Crippen molar-refractivity contribution in [3.63, 3.8) is 0 Å². The van der Waals surface area contributed by atoms with E-state index in [2.05, 4.69) is 26.2 Å². The number of ether oxygens (including phenoxy) is 3. The number of amides is 1. The van der Waals surface area contributed by atoms with Crippen LogP contribution in [0.25, 0.3) is 0 Å². The number of methoxy groups -OCH3 is 2. The highest BCUT2D eigenvalue weighted by atomic mass is 35.5. The molecule has 0 aliphatic carbocycles. The number of aromatic nitrogens is 4. The van der Waals surface area contributed by atoms with Gasteiger partial charge in [-0.25, -0.2) is 0 Å². The maximum Gasteiger partial charge on any atom is 0.255 e. The summed E-state index contributed by atoms with van der Waals surface area (Å²) in [6, 6.07) is 17.3. The molecule has 0 saturated heterocycles. The highest BCUT2D eigenvalue weighted by Gasteiger charge is 2.35. The van der Waals surface area contributed by atoms with Crippen LogP contribution in [0.15, 0.2) is 71.9 Å². The Balaban J connectivity index is 1.47. The number of hydrogen-bond acceptors (Lipinski definition) is 8. The summed E-state index contributed by atoms with van der Waals surface area (Å²) in [7, 11) is 3.09. The van der Waals surface area contributed by atoms with Crippen LogP contribution in [0, 0.1) is 0 Å². The molecule has 1 aliphatic rings. The summed E-state index contributed by atoms with van der Waals surface area (Å²) in [4.78, 5) is 13.7. The van der Waals surface area contributed by atoms with E-state index in [0.717, 1.165) is 5.56 Å². The molecule has 1 unspecified atom stereocenters. The van der Waals surface area contributed by atoms with Crippen LogP contribution in [0.1, 0.15) is 24.1 Å². The lowest BCUT2D eigenvalue weighted by molar-refractivity contribution is -0.113. The second kappa shape index (κ2) is 11.2. The van der Waals surface area contributed by atoms with Crippen molar-refractivity contribution in [2.45, 2.75) is 19.6 Å². The zero-order chi connectivity index (χ0) is 27.5. The third kappa shape index (κ3) is 5.34. The Kier molecular flexibility index (Phi) is 7.58. The molecule has 0 radical (unpaired) electrons. The molecule has 2 N–H and O–H groups in total. The molecule has 5 rings (SSSR count). The van der Waals surface area contributed by atoms with Crippen LogP contribution in [0.2, 0.25) is 10.0 Å². The molecular formula is C27H24Cl2N6O4. The first kappa shape index (κ1) is 26.3. The molecule has 0 saturated carbocycles. The van der Waals surface area contributed by atoms with Crippen molar-refractivity contribution >= 4 is 40.7 Å². The van der Waals surface area contributed by atoms with Crippen molar-refractivity contribution in [3.8, 4) is 17.2 Å². The van der Waals surface area contributed by atoms with E-state index in [9.17, 15) is 4.79 Å². The van der Waals surface area contributed by atoms with E-state index in [1.54, 1.807) is 62.2 Å². The maximum absolute atomic E-state index is 13.7. The summed E-state index contributed by atoms with van der Waals surface area (Å²) in [6.07, 6.45) is 0. The quantitative estimate of drug-likeness (QED) is 0.287. The standard InChI is InChI=1S/C27H24Cl2N6O4/c1-15-24(26(36)31-20-6-4-5-7-21(20)37-2)25(35-27(30-15)32-33-34-35)17-9-11-22(23(13-17)38-3)39-14-16-8-10-18(28)19(29)12-16/h4-13,25H,14H2,1-3H3,(H,31,36)(H,30,32,34). The lowest BCUT2D eigenvalue weighted by atomic mass is 9.94. The first-order chi connectivity index (χ1) is 18.9. The fraction of sp³-hybridized carbons (Fsp3) is 0.185. The number of anilines is 2. The van der Waals surface area contributed by atoms with Gasteiger partial charge in [-0.15, -0.1) is 0 Å². The molecule has 1 atom stereocenters. The van der Waals surface area contributed by atoms with Gasteiger partial charge in [0.1, 0.15) is 18.4 Å². The van der Waals surface area contributed by atoms with E-state index < -0.39 is 6.04 Å². The first-order valence-corrected chi connectivity index (χ1v) is 12.6. The van der Waals surface area contributed by atoms with E-state index >= 15 is 0 Å². The average molecular weight is 567 g/mol. The number of nitrogens with one attached hydrogen (secondary N) is 2. The highest BCUT2D eigenvalue weighted by Crippen LogP contribution is 2.39. The number of carbonyl (C=O) groups excluding carboxylic acids is 1. The summed E-state index contributed by atoms with van der Waals surface area (Å²) >= 11 is 12.1. The van der Waals surface area contributed by atoms with E-state index in [-0.39, 0.29) is 12.5 Å². The minimum atomic E-state index is -0.649. The molecule has 0 fully saturated rings. The molecule has 0 bridgehead atoms. The van der Waals surface area contributed by atoms with Gasteiger partial charge >= 0.3 is 0 Å². The van der Waals surface area contributed by atoms with Crippen molar-refractivity contribution < 1.29 is 19.0 Å². The van der Waals surface area contributed by atoms with Gasteiger partial charge in [-0.2, -0.15) is 4.68 Å². The number of carbonyl (C=O) groups is 1. The van der Waals surface area contributed by atoms with Crippen molar-refractivity contribution in [2.24, 2.45) is 0 Å². The minimum Gasteiger partial charge on any atom is -0.495 e. The predicted molar refractivity (Wildman–Crippen MR) is 148 cm³/mol. The SMILES string of the molecule is COc1ccccc1NC(=O)C1=C(C)Nc2nnnn2C1c1ccc(OCc2ccc(Cl)c(Cl)c2)c(OC)c1. The maximum atomic E-state index is 13.7. The van der Waals surface area contributed by atoms with Crippen LogP contribution in [-0.4, -0.2) is 40.3 Å². The number of allylic oxidation sites excluding steroid dienone is 1. The Bertz CT molecular complexity index is 1570. The van der Waals surface area contributed by atoms with Gasteiger partial charge < -0.3 is 24.8 Å². The molecule has 1 amide bonds. The van der Waals surface area contributed by atoms with Gasteiger partial charge in [0, 0.05) is 5.70 Å². The van der Waals surface area contributed by atoms with Crippen LogP contribution < -0.4 is 24.8 Å². The third-order valence-electron chi connectivity index (χ3n) is 6.20. The van der Waals surface area contributed by atoms with Crippen molar-refractivity contribution in [1.82, 2.24) is 20.2 Å². The lowest BCUT2D eigenvalue weighted by Crippen LogP contribution is -2.31. The van der Waals surface area contributed by atoms with Crippen LogP contribution in [-0.2, 0) is 11.4 Å². The average Bonchev–Trinajstić information content (AvgIpc) is 3.41. The Labute approximate surface area is 234 Å². The topological polar surface area (TPSA) is 112 Å². The van der Waals surface area contributed by atoms with Gasteiger partial charge in [0.2, 0.25) is 5.95 Å². The lowest BCUT2D eigenvalue weighted by Gasteiger charge is -2.28. The molecule has 10 nitrogen and oxygen atoms in total. The fourth-order valence-electron chi connectivity index (χ4n) is 4.32. The summed E-state index contributed by atoms with van der Waals surface area (Å²) in [5, 5.41) is 19.0. The zero-order valence-electron chi connectivity index (χ0n) is 21.2. The zero-order valence-corrected chi connectivity index (χ0v) is 22.7. The van der Waals surface area contributed by atoms with Crippen LogP contribution in [0.4, 0.5) is 11.6 Å². The van der Waals surface area contributed by atoms with Gasteiger partial charge in [-0.1, -0.05) is 52.6 Å². The Hall–Kier alpha value is -4.28. The number of tetrazole rings is 1. The van der Waals surface area contributed by atoms with Crippen LogP contribution >= 0.6 is 23.2 Å². The summed E-state index contributed by atoms with van der Waals surface area (Å²) in [5.74, 6) is 1.60. The number of nitrogens with zero attached hydrogens (tertiary/aromatic N) is 4. The van der Waals surface area contributed by atoms with Gasteiger partial charge in [-0.05, 0) is 64.9 Å². The Morgan fingerprint density at radius 2 is 1.79 bits per heavy atom. The van der Waals surface area contributed by atoms with E-state index in [1.807, 2.05) is 24.3 Å².